The highest BCUT2D eigenvalue weighted by molar-refractivity contribution is 5.33. The lowest BCUT2D eigenvalue weighted by Crippen LogP contribution is -2.38. The Morgan fingerprint density at radius 1 is 1.32 bits per heavy atom. The molecule has 19 heavy (non-hydrogen) atoms. The molecule has 0 aromatic carbocycles. The lowest BCUT2D eigenvalue weighted by atomic mass is 9.99. The van der Waals surface area contributed by atoms with Crippen LogP contribution < -0.4 is 5.32 Å². The summed E-state index contributed by atoms with van der Waals surface area (Å²) in [5.41, 5.74) is 4.91. The standard InChI is InChI=1S/C16H26N2O/c1-10-9-11(2)17-12(3)16(10)13(4)18-14-7-6-8-15(14)19-5/h9,13-15,18H,6-8H2,1-5H3. The van der Waals surface area contributed by atoms with E-state index in [-0.39, 0.29) is 0 Å². The normalized spacial score (nSPS) is 24.7. The molecule has 0 saturated heterocycles. The minimum atomic E-state index is 0.328. The van der Waals surface area contributed by atoms with E-state index in [1.165, 1.54) is 30.4 Å². The van der Waals surface area contributed by atoms with E-state index in [4.69, 9.17) is 4.74 Å². The molecule has 1 fully saturated rings. The maximum Gasteiger partial charge on any atom is 0.0724 e. The second-order valence-electron chi connectivity index (χ2n) is 5.78. The third-order valence-corrected chi connectivity index (χ3v) is 4.24. The molecule has 1 aliphatic carbocycles. The molecule has 0 bridgehead atoms. The van der Waals surface area contributed by atoms with Crippen molar-refractivity contribution in [3.63, 3.8) is 0 Å². The lowest BCUT2D eigenvalue weighted by Gasteiger charge is -2.26. The van der Waals surface area contributed by atoms with Gasteiger partial charge in [0.15, 0.2) is 0 Å². The summed E-state index contributed by atoms with van der Waals surface area (Å²) in [6, 6.07) is 2.97. The van der Waals surface area contributed by atoms with Gasteiger partial charge in [0.25, 0.3) is 0 Å². The van der Waals surface area contributed by atoms with Crippen LogP contribution in [0.3, 0.4) is 0 Å². The van der Waals surface area contributed by atoms with Gasteiger partial charge in [-0.2, -0.15) is 0 Å². The second-order valence-corrected chi connectivity index (χ2v) is 5.78. The highest BCUT2D eigenvalue weighted by Crippen LogP contribution is 2.27. The number of hydrogen-bond acceptors (Lipinski definition) is 3. The van der Waals surface area contributed by atoms with Gasteiger partial charge in [-0.3, -0.25) is 4.98 Å². The largest absolute Gasteiger partial charge is 0.380 e. The number of hydrogen-bond donors (Lipinski definition) is 1. The van der Waals surface area contributed by atoms with Crippen LogP contribution in [0.4, 0.5) is 0 Å². The molecule has 0 radical (unpaired) electrons. The molecular weight excluding hydrogens is 236 g/mol. The molecule has 0 amide bonds. The van der Waals surface area contributed by atoms with E-state index in [2.05, 4.69) is 44.1 Å². The fraction of sp³-hybridized carbons (Fsp3) is 0.688. The number of pyridine rings is 1. The van der Waals surface area contributed by atoms with E-state index in [1.807, 2.05) is 7.11 Å². The van der Waals surface area contributed by atoms with Crippen molar-refractivity contribution in [1.82, 2.24) is 10.3 Å². The molecule has 1 N–H and O–H groups in total. The van der Waals surface area contributed by atoms with E-state index in [0.717, 1.165) is 11.4 Å². The van der Waals surface area contributed by atoms with Gasteiger partial charge >= 0.3 is 0 Å². The molecule has 1 aliphatic rings. The summed E-state index contributed by atoms with van der Waals surface area (Å²) in [4.78, 5) is 4.60. The summed E-state index contributed by atoms with van der Waals surface area (Å²) >= 11 is 0. The van der Waals surface area contributed by atoms with E-state index in [9.17, 15) is 0 Å². The van der Waals surface area contributed by atoms with Crippen LogP contribution in [0.1, 0.15) is 54.7 Å². The van der Waals surface area contributed by atoms with Gasteiger partial charge in [-0.05, 0) is 64.2 Å². The Balaban J connectivity index is 2.14. The third-order valence-electron chi connectivity index (χ3n) is 4.24. The minimum Gasteiger partial charge on any atom is -0.380 e. The van der Waals surface area contributed by atoms with Crippen LogP contribution in [-0.4, -0.2) is 24.2 Å². The molecule has 3 heteroatoms. The summed E-state index contributed by atoms with van der Waals surface area (Å²) in [5.74, 6) is 0. The predicted molar refractivity (Wildman–Crippen MR) is 78.4 cm³/mol. The summed E-state index contributed by atoms with van der Waals surface area (Å²) in [6.07, 6.45) is 4.00. The molecular formula is C16H26N2O. The molecule has 0 aliphatic heterocycles. The number of nitrogens with zero attached hydrogens (tertiary/aromatic N) is 1. The van der Waals surface area contributed by atoms with Gasteiger partial charge in [-0.15, -0.1) is 0 Å². The lowest BCUT2D eigenvalue weighted by molar-refractivity contribution is 0.0819. The Morgan fingerprint density at radius 2 is 2.05 bits per heavy atom. The van der Waals surface area contributed by atoms with E-state index >= 15 is 0 Å². The number of ether oxygens (including phenoxy) is 1. The van der Waals surface area contributed by atoms with E-state index in [0.29, 0.717) is 18.2 Å². The predicted octanol–water partition coefficient (Wildman–Crippen LogP) is 3.22. The summed E-state index contributed by atoms with van der Waals surface area (Å²) in [7, 11) is 1.82. The van der Waals surface area contributed by atoms with Gasteiger partial charge < -0.3 is 10.1 Å². The Morgan fingerprint density at radius 3 is 2.68 bits per heavy atom. The van der Waals surface area contributed by atoms with Crippen LogP contribution in [0.5, 0.6) is 0 Å². The number of nitrogens with one attached hydrogen (secondary N) is 1. The van der Waals surface area contributed by atoms with Crippen molar-refractivity contribution in [2.45, 2.75) is 65.1 Å². The molecule has 1 saturated carbocycles. The van der Waals surface area contributed by atoms with Crippen molar-refractivity contribution in [1.29, 1.82) is 0 Å². The molecule has 1 aromatic rings. The van der Waals surface area contributed by atoms with Crippen LogP contribution in [0.2, 0.25) is 0 Å². The zero-order valence-corrected chi connectivity index (χ0v) is 12.8. The van der Waals surface area contributed by atoms with E-state index < -0.39 is 0 Å². The first-order chi connectivity index (χ1) is 9.02. The Bertz CT molecular complexity index is 421. The van der Waals surface area contributed by atoms with Crippen LogP contribution in [0.15, 0.2) is 6.07 Å². The van der Waals surface area contributed by atoms with Gasteiger partial charge in [-0.1, -0.05) is 0 Å². The maximum absolute atomic E-state index is 5.56. The van der Waals surface area contributed by atoms with Crippen molar-refractivity contribution < 1.29 is 4.74 Å². The zero-order valence-electron chi connectivity index (χ0n) is 12.8. The molecule has 3 unspecified atom stereocenters. The Hall–Kier alpha value is -0.930. The highest BCUT2D eigenvalue weighted by atomic mass is 16.5. The van der Waals surface area contributed by atoms with Crippen molar-refractivity contribution in [2.24, 2.45) is 0 Å². The number of aryl methyl sites for hydroxylation is 3. The van der Waals surface area contributed by atoms with Crippen LogP contribution >= 0.6 is 0 Å². The van der Waals surface area contributed by atoms with Crippen LogP contribution in [0.25, 0.3) is 0 Å². The van der Waals surface area contributed by atoms with Crippen LogP contribution in [-0.2, 0) is 4.74 Å². The Labute approximate surface area is 116 Å². The van der Waals surface area contributed by atoms with Crippen molar-refractivity contribution in [2.75, 3.05) is 7.11 Å². The van der Waals surface area contributed by atoms with Gasteiger partial charge in [0, 0.05) is 30.6 Å². The number of aromatic nitrogens is 1. The van der Waals surface area contributed by atoms with Crippen molar-refractivity contribution in [3.05, 3.63) is 28.6 Å². The van der Waals surface area contributed by atoms with Gasteiger partial charge in [0.2, 0.25) is 0 Å². The quantitative estimate of drug-likeness (QED) is 0.904. The average molecular weight is 262 g/mol. The highest BCUT2D eigenvalue weighted by Gasteiger charge is 2.28. The van der Waals surface area contributed by atoms with Gasteiger partial charge in [-0.25, -0.2) is 0 Å². The number of methoxy groups -OCH3 is 1. The molecule has 106 valence electrons. The van der Waals surface area contributed by atoms with Crippen LogP contribution in [0, 0.1) is 20.8 Å². The van der Waals surface area contributed by atoms with Crippen molar-refractivity contribution in [3.8, 4) is 0 Å². The smallest absolute Gasteiger partial charge is 0.0724 e. The molecule has 1 heterocycles. The molecule has 3 atom stereocenters. The molecule has 0 spiro atoms. The zero-order chi connectivity index (χ0) is 14.0. The van der Waals surface area contributed by atoms with Gasteiger partial charge in [0.1, 0.15) is 0 Å². The third kappa shape index (κ3) is 3.15. The van der Waals surface area contributed by atoms with Crippen molar-refractivity contribution >= 4 is 0 Å². The second kappa shape index (κ2) is 6.02. The summed E-state index contributed by atoms with van der Waals surface area (Å²) < 4.78 is 5.56. The molecule has 1 aromatic heterocycles. The summed E-state index contributed by atoms with van der Waals surface area (Å²) in [6.45, 7) is 8.57. The fourth-order valence-corrected chi connectivity index (χ4v) is 3.49. The SMILES string of the molecule is COC1CCCC1NC(C)c1c(C)cc(C)nc1C. The topological polar surface area (TPSA) is 34.1 Å². The van der Waals surface area contributed by atoms with E-state index in [1.54, 1.807) is 0 Å². The first kappa shape index (κ1) is 14.5. The first-order valence-corrected chi connectivity index (χ1v) is 7.26. The molecule has 3 nitrogen and oxygen atoms in total. The summed E-state index contributed by atoms with van der Waals surface area (Å²) in [5, 5.41) is 3.73. The monoisotopic (exact) mass is 262 g/mol. The average Bonchev–Trinajstić information content (AvgIpc) is 2.74. The van der Waals surface area contributed by atoms with Gasteiger partial charge in [0.05, 0.1) is 6.10 Å². The maximum atomic E-state index is 5.56. The molecule has 2 rings (SSSR count). The Kier molecular flexibility index (Phi) is 4.58. The first-order valence-electron chi connectivity index (χ1n) is 7.26. The minimum absolute atomic E-state index is 0.328. The number of rotatable bonds is 4. The fourth-order valence-electron chi connectivity index (χ4n) is 3.49.